The van der Waals surface area contributed by atoms with E-state index in [1.165, 1.54) is 18.4 Å². The van der Waals surface area contributed by atoms with E-state index >= 15 is 0 Å². The highest BCUT2D eigenvalue weighted by Crippen LogP contribution is 2.65. The molecule has 0 aromatic heterocycles. The van der Waals surface area contributed by atoms with Crippen LogP contribution < -0.4 is 10.1 Å². The van der Waals surface area contributed by atoms with Crippen LogP contribution in [0.1, 0.15) is 69.6 Å². The molecule has 7 heteroatoms. The first-order chi connectivity index (χ1) is 19.1. The van der Waals surface area contributed by atoms with Gasteiger partial charge in [-0.1, -0.05) is 36.4 Å². The number of rotatable bonds is 7. The van der Waals surface area contributed by atoms with Gasteiger partial charge in [-0.15, -0.1) is 0 Å². The molecular formula is C33H42N2O5. The summed E-state index contributed by atoms with van der Waals surface area (Å²) in [5.41, 5.74) is 1.06. The van der Waals surface area contributed by atoms with Crippen molar-refractivity contribution in [2.45, 2.75) is 107 Å². The molecule has 5 aliphatic rings. The number of nitrogens with one attached hydrogen (secondary N) is 1. The molecule has 2 bridgehead atoms. The number of hydrogen-bond acceptors (Lipinski definition) is 7. The molecule has 2 aromatic carbocycles. The summed E-state index contributed by atoms with van der Waals surface area (Å²) < 4.78 is 12.6. The fourth-order valence-electron chi connectivity index (χ4n) is 8.34. The van der Waals surface area contributed by atoms with E-state index in [1.807, 2.05) is 57.2 Å². The summed E-state index contributed by atoms with van der Waals surface area (Å²) in [6.07, 6.45) is 5.52. The molecule has 1 saturated heterocycles. The lowest BCUT2D eigenvalue weighted by Crippen LogP contribution is -2.78. The number of ether oxygens (including phenoxy) is 2. The van der Waals surface area contributed by atoms with E-state index in [2.05, 4.69) is 10.2 Å². The summed E-state index contributed by atoms with van der Waals surface area (Å²) in [5.74, 6) is 1.13. The van der Waals surface area contributed by atoms with Crippen LogP contribution in [0.5, 0.6) is 11.5 Å². The standard InChI is InChI=1S/C33H42N2O5/c1-31(2,3)40-30(37)24(17-20-7-5-4-6-8-20)34-23-13-14-33(38)26-18-22-11-12-25(36)28-27(22)32(33,29(23)39-28)15-16-35(26)19-21-9-10-21/h4-8,11-12,21,23-24,26,29,34,36,38H,9-10,13-19H2,1-3H3/t23-,24+,26-,29+,32+,33-/m1/s1. The second-order valence-electron chi connectivity index (χ2n) is 13.9. The van der Waals surface area contributed by atoms with Crippen LogP contribution in [0.15, 0.2) is 42.5 Å². The SMILES string of the molecule is CC(C)(C)OC(=O)[C@H](Cc1ccccc1)N[C@@H]1CC[C@@]2(O)[C@H]3Cc4ccc(O)c5c4[C@@]2(CCN3CC2CC2)[C@H]1O5. The van der Waals surface area contributed by atoms with Crippen LogP contribution in [0.2, 0.25) is 0 Å². The number of esters is 1. The molecule has 7 rings (SSSR count). The van der Waals surface area contributed by atoms with Gasteiger partial charge < -0.3 is 19.7 Å². The largest absolute Gasteiger partial charge is 0.504 e. The Hall–Kier alpha value is -2.61. The summed E-state index contributed by atoms with van der Waals surface area (Å²) in [7, 11) is 0. The number of likely N-dealkylation sites (tertiary alicyclic amines) is 1. The van der Waals surface area contributed by atoms with Gasteiger partial charge in [-0.25, -0.2) is 0 Å². The summed E-state index contributed by atoms with van der Waals surface area (Å²) in [6, 6.07) is 13.1. The Bertz CT molecular complexity index is 1300. The van der Waals surface area contributed by atoms with Crippen molar-refractivity contribution in [3.63, 3.8) is 0 Å². The van der Waals surface area contributed by atoms with Crippen molar-refractivity contribution in [1.82, 2.24) is 10.2 Å². The molecule has 3 N–H and O–H groups in total. The molecule has 40 heavy (non-hydrogen) atoms. The molecule has 3 fully saturated rings. The van der Waals surface area contributed by atoms with Gasteiger partial charge in [-0.05, 0) is 95.4 Å². The molecule has 214 valence electrons. The Morgan fingerprint density at radius 3 is 2.65 bits per heavy atom. The van der Waals surface area contributed by atoms with Crippen molar-refractivity contribution in [2.24, 2.45) is 5.92 Å². The molecule has 2 aliphatic heterocycles. The van der Waals surface area contributed by atoms with E-state index in [9.17, 15) is 15.0 Å². The number of nitrogens with zero attached hydrogens (tertiary/aromatic N) is 1. The van der Waals surface area contributed by atoms with Gasteiger partial charge in [0, 0.05) is 24.2 Å². The van der Waals surface area contributed by atoms with Crippen LogP contribution in [0.4, 0.5) is 0 Å². The molecule has 1 spiro atoms. The number of benzene rings is 2. The van der Waals surface area contributed by atoms with Crippen LogP contribution in [-0.2, 0) is 27.8 Å². The Morgan fingerprint density at radius 1 is 1.15 bits per heavy atom. The Balaban J connectivity index is 1.25. The van der Waals surface area contributed by atoms with Gasteiger partial charge in [-0.2, -0.15) is 0 Å². The third-order valence-electron chi connectivity index (χ3n) is 10.2. The lowest BCUT2D eigenvalue weighted by molar-refractivity contribution is -0.193. The van der Waals surface area contributed by atoms with Crippen LogP contribution in [-0.4, -0.2) is 69.6 Å². The third-order valence-corrected chi connectivity index (χ3v) is 10.2. The zero-order chi connectivity index (χ0) is 27.9. The number of piperidine rings is 1. The summed E-state index contributed by atoms with van der Waals surface area (Å²) in [5, 5.41) is 27.3. The lowest BCUT2D eigenvalue weighted by Gasteiger charge is -2.64. The van der Waals surface area contributed by atoms with E-state index in [0.717, 1.165) is 43.0 Å². The topological polar surface area (TPSA) is 91.3 Å². The van der Waals surface area contributed by atoms with Crippen molar-refractivity contribution in [3.8, 4) is 11.5 Å². The van der Waals surface area contributed by atoms with Crippen LogP contribution in [0.25, 0.3) is 0 Å². The van der Waals surface area contributed by atoms with Crippen LogP contribution in [0.3, 0.4) is 0 Å². The molecule has 0 amide bonds. The third kappa shape index (κ3) is 4.07. The minimum atomic E-state index is -0.949. The van der Waals surface area contributed by atoms with E-state index < -0.39 is 22.7 Å². The van der Waals surface area contributed by atoms with Crippen molar-refractivity contribution in [2.75, 3.05) is 13.1 Å². The van der Waals surface area contributed by atoms with E-state index in [-0.39, 0.29) is 29.9 Å². The average molecular weight is 547 g/mol. The van der Waals surface area contributed by atoms with E-state index in [4.69, 9.17) is 9.47 Å². The van der Waals surface area contributed by atoms with Gasteiger partial charge in [0.15, 0.2) is 11.5 Å². The second-order valence-corrected chi connectivity index (χ2v) is 13.9. The molecule has 2 saturated carbocycles. The smallest absolute Gasteiger partial charge is 0.324 e. The monoisotopic (exact) mass is 546 g/mol. The molecule has 7 nitrogen and oxygen atoms in total. The number of carbonyl (C=O) groups is 1. The molecule has 6 atom stereocenters. The summed E-state index contributed by atoms with van der Waals surface area (Å²) >= 11 is 0. The first-order valence-corrected chi connectivity index (χ1v) is 15.1. The highest BCUT2D eigenvalue weighted by molar-refractivity contribution is 5.77. The average Bonchev–Trinajstić information content (AvgIpc) is 3.64. The van der Waals surface area contributed by atoms with Crippen LogP contribution >= 0.6 is 0 Å². The van der Waals surface area contributed by atoms with Gasteiger partial charge in [0.1, 0.15) is 17.7 Å². The van der Waals surface area contributed by atoms with Gasteiger partial charge in [0.05, 0.1) is 11.0 Å². The summed E-state index contributed by atoms with van der Waals surface area (Å²) in [6.45, 7) is 7.63. The molecular weight excluding hydrogens is 504 g/mol. The maximum atomic E-state index is 13.5. The highest BCUT2D eigenvalue weighted by Gasteiger charge is 2.73. The Morgan fingerprint density at radius 2 is 1.93 bits per heavy atom. The first kappa shape index (κ1) is 26.3. The number of aromatic hydroxyl groups is 1. The fourth-order valence-corrected chi connectivity index (χ4v) is 8.34. The van der Waals surface area contributed by atoms with E-state index in [1.54, 1.807) is 6.07 Å². The predicted octanol–water partition coefficient (Wildman–Crippen LogP) is 3.87. The van der Waals surface area contributed by atoms with Gasteiger partial charge in [0.25, 0.3) is 0 Å². The lowest BCUT2D eigenvalue weighted by atomic mass is 9.48. The summed E-state index contributed by atoms with van der Waals surface area (Å²) in [4.78, 5) is 16.1. The van der Waals surface area contributed by atoms with Gasteiger partial charge in [-0.3, -0.25) is 15.0 Å². The Kier molecular flexibility index (Phi) is 6.05. The maximum absolute atomic E-state index is 13.5. The number of phenols is 1. The van der Waals surface area contributed by atoms with Gasteiger partial charge >= 0.3 is 5.97 Å². The minimum Gasteiger partial charge on any atom is -0.504 e. The molecule has 0 radical (unpaired) electrons. The normalized spacial score (nSPS) is 33.1. The number of aliphatic hydroxyl groups is 1. The van der Waals surface area contributed by atoms with Crippen molar-refractivity contribution >= 4 is 5.97 Å². The maximum Gasteiger partial charge on any atom is 0.324 e. The highest BCUT2D eigenvalue weighted by atomic mass is 16.6. The van der Waals surface area contributed by atoms with Crippen molar-refractivity contribution in [3.05, 3.63) is 59.2 Å². The molecule has 3 aliphatic carbocycles. The molecule has 2 aromatic rings. The van der Waals surface area contributed by atoms with Crippen LogP contribution in [0, 0.1) is 5.92 Å². The number of hydrogen-bond donors (Lipinski definition) is 3. The van der Waals surface area contributed by atoms with Crippen molar-refractivity contribution in [1.29, 1.82) is 0 Å². The first-order valence-electron chi connectivity index (χ1n) is 15.1. The molecule has 0 unspecified atom stereocenters. The van der Waals surface area contributed by atoms with Crippen molar-refractivity contribution < 1.29 is 24.5 Å². The Labute approximate surface area is 236 Å². The quantitative estimate of drug-likeness (QED) is 0.454. The zero-order valence-electron chi connectivity index (χ0n) is 23.9. The predicted molar refractivity (Wildman–Crippen MR) is 151 cm³/mol. The minimum absolute atomic E-state index is 0.0304. The number of phenolic OH excluding ortho intramolecular Hbond substituents is 1. The van der Waals surface area contributed by atoms with E-state index in [0.29, 0.717) is 25.0 Å². The zero-order valence-corrected chi connectivity index (χ0v) is 23.9. The number of carbonyl (C=O) groups excluding carboxylic acids is 1. The van der Waals surface area contributed by atoms with Gasteiger partial charge in [0.2, 0.25) is 0 Å². The second kappa shape index (κ2) is 9.20. The molecule has 2 heterocycles. The fraction of sp³-hybridized carbons (Fsp3) is 0.606.